The summed E-state index contributed by atoms with van der Waals surface area (Å²) in [5.74, 6) is 1.27. The number of methoxy groups -OCH3 is 1. The van der Waals surface area contributed by atoms with Crippen molar-refractivity contribution in [3.05, 3.63) is 27.8 Å². The molecule has 0 N–H and O–H groups in total. The van der Waals surface area contributed by atoms with Crippen molar-refractivity contribution >= 4 is 17.3 Å². The molecule has 1 aromatic rings. The first-order chi connectivity index (χ1) is 9.03. The van der Waals surface area contributed by atoms with Crippen molar-refractivity contribution in [2.24, 2.45) is 5.92 Å². The second-order valence-electron chi connectivity index (χ2n) is 4.35. The molecule has 5 nitrogen and oxygen atoms in total. The van der Waals surface area contributed by atoms with Gasteiger partial charge in [-0.3, -0.25) is 10.1 Å². The van der Waals surface area contributed by atoms with Crippen LogP contribution < -0.4 is 9.47 Å². The van der Waals surface area contributed by atoms with E-state index >= 15 is 0 Å². The summed E-state index contributed by atoms with van der Waals surface area (Å²) >= 11 is 5.71. The van der Waals surface area contributed by atoms with Gasteiger partial charge < -0.3 is 9.47 Å². The topological polar surface area (TPSA) is 61.6 Å². The lowest BCUT2D eigenvalue weighted by Gasteiger charge is -2.14. The van der Waals surface area contributed by atoms with Crippen molar-refractivity contribution in [3.63, 3.8) is 0 Å². The zero-order chi connectivity index (χ0) is 14.4. The lowest BCUT2D eigenvalue weighted by atomic mass is 10.1. The lowest BCUT2D eigenvalue weighted by Crippen LogP contribution is -2.08. The van der Waals surface area contributed by atoms with Crippen molar-refractivity contribution in [3.8, 4) is 11.5 Å². The Morgan fingerprint density at radius 2 is 2.11 bits per heavy atom. The largest absolute Gasteiger partial charge is 0.493 e. The molecule has 0 fully saturated rings. The summed E-state index contributed by atoms with van der Waals surface area (Å²) in [5, 5.41) is 11.0. The summed E-state index contributed by atoms with van der Waals surface area (Å²) in [5.41, 5.74) is 0.370. The van der Waals surface area contributed by atoms with Crippen LogP contribution in [0, 0.1) is 16.0 Å². The van der Waals surface area contributed by atoms with E-state index in [0.29, 0.717) is 29.6 Å². The Morgan fingerprint density at radius 1 is 1.42 bits per heavy atom. The van der Waals surface area contributed by atoms with Gasteiger partial charge in [-0.1, -0.05) is 20.3 Å². The quantitative estimate of drug-likeness (QED) is 0.435. The first-order valence-corrected chi connectivity index (χ1v) is 6.60. The van der Waals surface area contributed by atoms with E-state index in [1.165, 1.54) is 13.2 Å². The minimum Gasteiger partial charge on any atom is -0.493 e. The molecule has 0 radical (unpaired) electrons. The maximum Gasteiger partial charge on any atom is 0.277 e. The number of nitro groups is 1. The van der Waals surface area contributed by atoms with Gasteiger partial charge >= 0.3 is 0 Å². The minimum atomic E-state index is -0.465. The third-order valence-corrected chi connectivity index (χ3v) is 3.21. The molecular formula is C13H18ClNO4. The fraction of sp³-hybridized carbons (Fsp3) is 0.538. The number of halogens is 1. The minimum absolute atomic E-state index is 0.0463. The zero-order valence-corrected chi connectivity index (χ0v) is 12.1. The number of nitrogens with zero attached hydrogens (tertiary/aromatic N) is 1. The van der Waals surface area contributed by atoms with E-state index in [1.807, 2.05) is 6.92 Å². The first kappa shape index (κ1) is 15.6. The average molecular weight is 288 g/mol. The van der Waals surface area contributed by atoms with Gasteiger partial charge in [0.05, 0.1) is 30.6 Å². The molecule has 0 aromatic heterocycles. The highest BCUT2D eigenvalue weighted by atomic mass is 35.5. The van der Waals surface area contributed by atoms with Gasteiger partial charge in [0.25, 0.3) is 5.69 Å². The van der Waals surface area contributed by atoms with Crippen LogP contribution in [0.1, 0.15) is 25.8 Å². The van der Waals surface area contributed by atoms with Gasteiger partial charge in [0.2, 0.25) is 0 Å². The normalized spacial score (nSPS) is 12.0. The van der Waals surface area contributed by atoms with E-state index in [4.69, 9.17) is 21.1 Å². The van der Waals surface area contributed by atoms with E-state index in [9.17, 15) is 10.1 Å². The molecule has 0 aliphatic rings. The van der Waals surface area contributed by atoms with Gasteiger partial charge in [0.15, 0.2) is 11.5 Å². The highest BCUT2D eigenvalue weighted by molar-refractivity contribution is 6.17. The number of nitro benzene ring substituents is 1. The van der Waals surface area contributed by atoms with Crippen LogP contribution in [-0.4, -0.2) is 18.6 Å². The van der Waals surface area contributed by atoms with E-state index in [0.717, 1.165) is 6.42 Å². The molecule has 0 spiro atoms. The van der Waals surface area contributed by atoms with Gasteiger partial charge in [0.1, 0.15) is 0 Å². The van der Waals surface area contributed by atoms with Gasteiger partial charge in [-0.05, 0) is 12.0 Å². The Kier molecular flexibility index (Phi) is 5.89. The fourth-order valence-electron chi connectivity index (χ4n) is 1.49. The SMILES string of the molecule is CCC(C)COc1cc([N+](=O)[O-])c(CCl)cc1OC. The molecule has 1 unspecified atom stereocenters. The summed E-state index contributed by atoms with van der Waals surface area (Å²) in [6.45, 7) is 4.60. The van der Waals surface area contributed by atoms with Crippen molar-refractivity contribution in [1.29, 1.82) is 0 Å². The average Bonchev–Trinajstić information content (AvgIpc) is 2.43. The molecule has 0 aliphatic heterocycles. The van der Waals surface area contributed by atoms with Crippen LogP contribution in [0.25, 0.3) is 0 Å². The van der Waals surface area contributed by atoms with Crippen LogP contribution in [0.2, 0.25) is 0 Å². The summed E-state index contributed by atoms with van der Waals surface area (Å²) < 4.78 is 10.8. The third-order valence-electron chi connectivity index (χ3n) is 2.93. The Labute approximate surface area is 117 Å². The molecule has 0 saturated carbocycles. The molecule has 0 amide bonds. The molecule has 1 aromatic carbocycles. The summed E-state index contributed by atoms with van der Waals surface area (Å²) in [7, 11) is 1.50. The van der Waals surface area contributed by atoms with Crippen LogP contribution >= 0.6 is 11.6 Å². The Balaban J connectivity index is 3.07. The monoisotopic (exact) mass is 287 g/mol. The molecule has 1 rings (SSSR count). The molecule has 106 valence electrons. The molecule has 0 heterocycles. The second kappa shape index (κ2) is 7.19. The Hall–Kier alpha value is -1.49. The van der Waals surface area contributed by atoms with Crippen molar-refractivity contribution in [2.75, 3.05) is 13.7 Å². The first-order valence-electron chi connectivity index (χ1n) is 6.07. The second-order valence-corrected chi connectivity index (χ2v) is 4.61. The fourth-order valence-corrected chi connectivity index (χ4v) is 1.70. The van der Waals surface area contributed by atoms with Crippen LogP contribution in [0.15, 0.2) is 12.1 Å². The van der Waals surface area contributed by atoms with Crippen LogP contribution in [0.4, 0.5) is 5.69 Å². The maximum atomic E-state index is 11.0. The molecule has 0 bridgehead atoms. The number of hydrogen-bond acceptors (Lipinski definition) is 4. The Bertz CT molecular complexity index is 451. The van der Waals surface area contributed by atoms with E-state index in [1.54, 1.807) is 6.07 Å². The van der Waals surface area contributed by atoms with Gasteiger partial charge in [0, 0.05) is 5.56 Å². The molecule has 1 atom stereocenters. The van der Waals surface area contributed by atoms with Gasteiger partial charge in [-0.15, -0.1) is 11.6 Å². The predicted octanol–water partition coefficient (Wildman–Crippen LogP) is 3.77. The van der Waals surface area contributed by atoms with Crippen molar-refractivity contribution in [2.45, 2.75) is 26.1 Å². The van der Waals surface area contributed by atoms with E-state index in [2.05, 4.69) is 6.92 Å². The van der Waals surface area contributed by atoms with Crippen LogP contribution in [-0.2, 0) is 5.88 Å². The van der Waals surface area contributed by atoms with E-state index < -0.39 is 4.92 Å². The molecular weight excluding hydrogens is 270 g/mol. The molecule has 19 heavy (non-hydrogen) atoms. The van der Waals surface area contributed by atoms with Crippen molar-refractivity contribution in [1.82, 2.24) is 0 Å². The lowest BCUT2D eigenvalue weighted by molar-refractivity contribution is -0.385. The molecule has 0 saturated heterocycles. The highest BCUT2D eigenvalue weighted by Gasteiger charge is 2.19. The predicted molar refractivity (Wildman–Crippen MR) is 74.2 cm³/mol. The van der Waals surface area contributed by atoms with E-state index in [-0.39, 0.29) is 11.6 Å². The number of ether oxygens (including phenoxy) is 2. The Morgan fingerprint density at radius 3 is 2.58 bits per heavy atom. The smallest absolute Gasteiger partial charge is 0.277 e. The summed E-state index contributed by atoms with van der Waals surface area (Å²) in [6, 6.07) is 2.93. The number of alkyl halides is 1. The third kappa shape index (κ3) is 3.99. The van der Waals surface area contributed by atoms with Crippen molar-refractivity contribution < 1.29 is 14.4 Å². The number of rotatable bonds is 7. The number of hydrogen-bond donors (Lipinski definition) is 0. The van der Waals surface area contributed by atoms with Crippen LogP contribution in [0.5, 0.6) is 11.5 Å². The summed E-state index contributed by atoms with van der Waals surface area (Å²) in [6.07, 6.45) is 0.976. The number of benzene rings is 1. The van der Waals surface area contributed by atoms with Crippen LogP contribution in [0.3, 0.4) is 0 Å². The standard InChI is InChI=1S/C13H18ClNO4/c1-4-9(2)8-19-13-6-11(15(16)17)10(7-14)5-12(13)18-3/h5-6,9H,4,7-8H2,1-3H3. The zero-order valence-electron chi connectivity index (χ0n) is 11.3. The van der Waals surface area contributed by atoms with Gasteiger partial charge in [-0.2, -0.15) is 0 Å². The summed E-state index contributed by atoms with van der Waals surface area (Å²) in [4.78, 5) is 10.5. The molecule has 0 aliphatic carbocycles. The maximum absolute atomic E-state index is 11.0. The molecule has 6 heteroatoms. The highest BCUT2D eigenvalue weighted by Crippen LogP contribution is 2.35. The van der Waals surface area contributed by atoms with Gasteiger partial charge in [-0.25, -0.2) is 0 Å².